The lowest BCUT2D eigenvalue weighted by molar-refractivity contribution is 0.0169. The van der Waals surface area contributed by atoms with Crippen molar-refractivity contribution in [2.45, 2.75) is 33.3 Å². The average Bonchev–Trinajstić information content (AvgIpc) is 2.35. The molecule has 0 aromatic heterocycles. The van der Waals surface area contributed by atoms with Gasteiger partial charge in [-0.3, -0.25) is 0 Å². The maximum atomic E-state index is 12.0. The molecule has 0 fully saturated rings. The molecular weight excluding hydrogens is 232 g/mol. The third kappa shape index (κ3) is 3.32. The molecule has 1 rings (SSSR count). The van der Waals surface area contributed by atoms with Crippen molar-refractivity contribution in [3.05, 3.63) is 35.4 Å². The largest absolute Gasteiger partial charge is 0.478 e. The van der Waals surface area contributed by atoms with Crippen molar-refractivity contribution in [1.29, 1.82) is 0 Å². The summed E-state index contributed by atoms with van der Waals surface area (Å²) in [5.74, 6) is -1.50. The SMILES string of the molecule is CC[C@@H](OC(=O)c1ccccc1C(=O)O)C(C)C. The smallest absolute Gasteiger partial charge is 0.339 e. The molecule has 1 N–H and O–H groups in total. The van der Waals surface area contributed by atoms with Crippen LogP contribution >= 0.6 is 0 Å². The quantitative estimate of drug-likeness (QED) is 0.816. The molecule has 0 saturated heterocycles. The summed E-state index contributed by atoms with van der Waals surface area (Å²) in [5, 5.41) is 9.01. The van der Waals surface area contributed by atoms with Crippen LogP contribution in [0, 0.1) is 5.92 Å². The molecule has 0 spiro atoms. The summed E-state index contributed by atoms with van der Waals surface area (Å²) >= 11 is 0. The van der Waals surface area contributed by atoms with Crippen LogP contribution < -0.4 is 0 Å². The van der Waals surface area contributed by atoms with E-state index in [1.54, 1.807) is 12.1 Å². The highest BCUT2D eigenvalue weighted by atomic mass is 16.5. The predicted molar refractivity (Wildman–Crippen MR) is 67.7 cm³/mol. The number of rotatable bonds is 5. The fraction of sp³-hybridized carbons (Fsp3) is 0.429. The molecule has 0 saturated carbocycles. The number of aromatic carboxylic acids is 1. The van der Waals surface area contributed by atoms with Crippen LogP contribution in [0.15, 0.2) is 24.3 Å². The number of carbonyl (C=O) groups excluding carboxylic acids is 1. The molecule has 4 heteroatoms. The summed E-state index contributed by atoms with van der Waals surface area (Å²) in [6.07, 6.45) is 0.512. The second-order valence-corrected chi connectivity index (χ2v) is 4.45. The van der Waals surface area contributed by atoms with Crippen LogP contribution in [0.2, 0.25) is 0 Å². The summed E-state index contributed by atoms with van der Waals surface area (Å²) < 4.78 is 5.34. The molecule has 98 valence electrons. The maximum Gasteiger partial charge on any atom is 0.339 e. The number of esters is 1. The van der Waals surface area contributed by atoms with Crippen molar-refractivity contribution in [1.82, 2.24) is 0 Å². The molecule has 4 nitrogen and oxygen atoms in total. The van der Waals surface area contributed by atoms with E-state index in [0.717, 1.165) is 0 Å². The number of ether oxygens (including phenoxy) is 1. The van der Waals surface area contributed by atoms with Crippen molar-refractivity contribution in [2.24, 2.45) is 5.92 Å². The summed E-state index contributed by atoms with van der Waals surface area (Å²) in [6.45, 7) is 5.86. The number of carboxylic acids is 1. The highest BCUT2D eigenvalue weighted by Gasteiger charge is 2.21. The van der Waals surface area contributed by atoms with Crippen LogP contribution in [0.25, 0.3) is 0 Å². The molecule has 1 aromatic carbocycles. The molecule has 0 heterocycles. The van der Waals surface area contributed by atoms with E-state index in [0.29, 0.717) is 6.42 Å². The van der Waals surface area contributed by atoms with E-state index in [1.807, 2.05) is 20.8 Å². The number of hydrogen-bond acceptors (Lipinski definition) is 3. The maximum absolute atomic E-state index is 12.0. The summed E-state index contributed by atoms with van der Waals surface area (Å²) in [7, 11) is 0. The first kappa shape index (κ1) is 14.2. The van der Waals surface area contributed by atoms with Gasteiger partial charge in [0.15, 0.2) is 0 Å². The number of carbonyl (C=O) groups is 2. The first-order chi connectivity index (χ1) is 8.47. The van der Waals surface area contributed by atoms with E-state index < -0.39 is 11.9 Å². The Morgan fingerprint density at radius 3 is 2.22 bits per heavy atom. The van der Waals surface area contributed by atoms with Gasteiger partial charge in [-0.15, -0.1) is 0 Å². The summed E-state index contributed by atoms with van der Waals surface area (Å²) in [4.78, 5) is 23.0. The molecule has 0 radical (unpaired) electrons. The average molecular weight is 250 g/mol. The molecule has 18 heavy (non-hydrogen) atoms. The van der Waals surface area contributed by atoms with Crippen molar-refractivity contribution < 1.29 is 19.4 Å². The third-order valence-electron chi connectivity index (χ3n) is 2.78. The van der Waals surface area contributed by atoms with Gasteiger partial charge in [-0.1, -0.05) is 32.9 Å². The minimum atomic E-state index is -1.12. The van der Waals surface area contributed by atoms with Gasteiger partial charge in [0.05, 0.1) is 11.1 Å². The van der Waals surface area contributed by atoms with Crippen LogP contribution in [0.3, 0.4) is 0 Å². The molecule has 0 aliphatic heterocycles. The highest BCUT2D eigenvalue weighted by Crippen LogP contribution is 2.16. The standard InChI is InChI=1S/C14H18O4/c1-4-12(9(2)3)18-14(17)11-8-6-5-7-10(11)13(15)16/h5-9,12H,4H2,1-3H3,(H,15,16)/t12-/m1/s1. The Labute approximate surface area is 107 Å². The van der Waals surface area contributed by atoms with E-state index in [9.17, 15) is 9.59 Å². The van der Waals surface area contributed by atoms with Gasteiger partial charge in [0.25, 0.3) is 0 Å². The number of carboxylic acid groups (broad SMARTS) is 1. The van der Waals surface area contributed by atoms with Crippen molar-refractivity contribution in [3.63, 3.8) is 0 Å². The zero-order chi connectivity index (χ0) is 13.7. The molecule has 0 amide bonds. The van der Waals surface area contributed by atoms with Crippen LogP contribution in [0.5, 0.6) is 0 Å². The monoisotopic (exact) mass is 250 g/mol. The van der Waals surface area contributed by atoms with Crippen molar-refractivity contribution in [3.8, 4) is 0 Å². The summed E-state index contributed by atoms with van der Waals surface area (Å²) in [6, 6.07) is 6.08. The zero-order valence-electron chi connectivity index (χ0n) is 10.8. The Balaban J connectivity index is 2.94. The third-order valence-corrected chi connectivity index (χ3v) is 2.78. The van der Waals surface area contributed by atoms with Crippen LogP contribution in [-0.2, 0) is 4.74 Å². The van der Waals surface area contributed by atoms with Gasteiger partial charge >= 0.3 is 11.9 Å². The first-order valence-corrected chi connectivity index (χ1v) is 6.00. The molecule has 0 aliphatic carbocycles. The number of benzene rings is 1. The van der Waals surface area contributed by atoms with Gasteiger partial charge in [-0.25, -0.2) is 9.59 Å². The lowest BCUT2D eigenvalue weighted by atomic mass is 10.0. The Hall–Kier alpha value is -1.84. The van der Waals surface area contributed by atoms with Crippen LogP contribution in [0.1, 0.15) is 47.9 Å². The number of hydrogen-bond donors (Lipinski definition) is 1. The van der Waals surface area contributed by atoms with Crippen molar-refractivity contribution in [2.75, 3.05) is 0 Å². The highest BCUT2D eigenvalue weighted by molar-refractivity contribution is 6.02. The Morgan fingerprint density at radius 1 is 1.22 bits per heavy atom. The van der Waals surface area contributed by atoms with Gasteiger partial charge in [0.2, 0.25) is 0 Å². The van der Waals surface area contributed by atoms with Gasteiger partial charge in [-0.2, -0.15) is 0 Å². The fourth-order valence-corrected chi connectivity index (χ4v) is 1.74. The molecule has 0 unspecified atom stereocenters. The van der Waals surface area contributed by atoms with Crippen LogP contribution in [0.4, 0.5) is 0 Å². The van der Waals surface area contributed by atoms with E-state index >= 15 is 0 Å². The summed E-state index contributed by atoms with van der Waals surface area (Å²) in [5.41, 5.74) is 0.0743. The van der Waals surface area contributed by atoms with E-state index in [2.05, 4.69) is 0 Å². The van der Waals surface area contributed by atoms with E-state index in [4.69, 9.17) is 9.84 Å². The lowest BCUT2D eigenvalue weighted by Gasteiger charge is -2.20. The zero-order valence-corrected chi connectivity index (χ0v) is 10.8. The fourth-order valence-electron chi connectivity index (χ4n) is 1.74. The van der Waals surface area contributed by atoms with Crippen molar-refractivity contribution >= 4 is 11.9 Å². The Kier molecular flexibility index (Phi) is 4.89. The molecule has 1 atom stereocenters. The Bertz CT molecular complexity index is 437. The first-order valence-electron chi connectivity index (χ1n) is 6.00. The second kappa shape index (κ2) is 6.19. The van der Waals surface area contributed by atoms with Gasteiger partial charge in [-0.05, 0) is 24.5 Å². The normalized spacial score (nSPS) is 12.2. The van der Waals surface area contributed by atoms with E-state index in [1.165, 1.54) is 12.1 Å². The minimum Gasteiger partial charge on any atom is -0.478 e. The minimum absolute atomic E-state index is 0.0268. The van der Waals surface area contributed by atoms with Gasteiger partial charge in [0, 0.05) is 0 Å². The van der Waals surface area contributed by atoms with Crippen LogP contribution in [-0.4, -0.2) is 23.1 Å². The molecule has 1 aromatic rings. The predicted octanol–water partition coefficient (Wildman–Crippen LogP) is 2.98. The lowest BCUT2D eigenvalue weighted by Crippen LogP contribution is -2.24. The molecule has 0 bridgehead atoms. The second-order valence-electron chi connectivity index (χ2n) is 4.45. The topological polar surface area (TPSA) is 63.6 Å². The molecular formula is C14H18O4. The van der Waals surface area contributed by atoms with Gasteiger partial charge in [0.1, 0.15) is 6.10 Å². The van der Waals surface area contributed by atoms with E-state index in [-0.39, 0.29) is 23.1 Å². The molecule has 0 aliphatic rings. The van der Waals surface area contributed by atoms with Gasteiger partial charge < -0.3 is 9.84 Å². The Morgan fingerprint density at radius 2 is 1.78 bits per heavy atom.